The van der Waals surface area contributed by atoms with E-state index < -0.39 is 38.7 Å². The maximum Gasteiger partial charge on any atom is 0.264 e. The van der Waals surface area contributed by atoms with Crippen LogP contribution in [-0.2, 0) is 38.7 Å². The Morgan fingerprint density at radius 2 is 1.20 bits per heavy atom. The molecule has 3 aromatic carbocycles. The van der Waals surface area contributed by atoms with Crippen molar-refractivity contribution < 1.29 is 38.4 Å². The second kappa shape index (κ2) is 13.0. The van der Waals surface area contributed by atoms with Gasteiger partial charge in [0, 0.05) is 54.4 Å². The molecule has 0 aliphatic carbocycles. The molecule has 2 aliphatic heterocycles. The van der Waals surface area contributed by atoms with E-state index in [1.165, 1.54) is 46.8 Å². The molecule has 1 fully saturated rings. The lowest BCUT2D eigenvalue weighted by atomic mass is 10.2. The van der Waals surface area contributed by atoms with Crippen LogP contribution in [0.25, 0.3) is 0 Å². The maximum absolute atomic E-state index is 13.4. The number of rotatable bonds is 6. The summed E-state index contributed by atoms with van der Waals surface area (Å²) < 4.78 is 102. The zero-order valence-electron chi connectivity index (χ0n) is 23.5. The Morgan fingerprint density at radius 1 is 0.705 bits per heavy atom. The van der Waals surface area contributed by atoms with E-state index in [1.54, 1.807) is 12.1 Å². The summed E-state index contributed by atoms with van der Waals surface area (Å²) in [7, 11) is -9.80. The molecule has 44 heavy (non-hydrogen) atoms. The van der Waals surface area contributed by atoms with Gasteiger partial charge in [-0.15, -0.1) is 0 Å². The number of piperazine rings is 1. The van der Waals surface area contributed by atoms with E-state index in [2.05, 4.69) is 10.2 Å². The summed E-state index contributed by atoms with van der Waals surface area (Å²) in [5.74, 6) is 0.468. The molecular weight excluding hydrogens is 697 g/mol. The number of sulfone groups is 2. The molecule has 1 N–H and O–H groups in total. The highest BCUT2D eigenvalue weighted by atomic mass is 35.7. The SMILES string of the molecule is CS(=O)(=O)c1cccc(S(=O)(=O)Cl)c1.CS(=O)(=O)c1cccc(S(=O)(=O)N2CCOc3c(N4CCNCC4)cc(Cl)cc32)c1. The summed E-state index contributed by atoms with van der Waals surface area (Å²) in [6.45, 7) is 3.39. The summed E-state index contributed by atoms with van der Waals surface area (Å²) in [6.07, 6.45) is 2.04. The van der Waals surface area contributed by atoms with Crippen molar-refractivity contribution in [1.29, 1.82) is 0 Å². The number of anilines is 2. The fourth-order valence-corrected chi connectivity index (χ4v) is 8.47. The van der Waals surface area contributed by atoms with Crippen LogP contribution in [0.1, 0.15) is 0 Å². The van der Waals surface area contributed by atoms with Crippen molar-refractivity contribution in [1.82, 2.24) is 5.32 Å². The van der Waals surface area contributed by atoms with Crippen molar-refractivity contribution in [3.8, 4) is 5.75 Å². The molecule has 12 nitrogen and oxygen atoms in total. The fraction of sp³-hybridized carbons (Fsp3) is 0.308. The van der Waals surface area contributed by atoms with E-state index in [-0.39, 0.29) is 32.7 Å². The van der Waals surface area contributed by atoms with Crippen LogP contribution >= 0.6 is 22.3 Å². The zero-order chi connectivity index (χ0) is 32.5. The number of fused-ring (bicyclic) bond motifs is 1. The first kappa shape index (κ1) is 34.3. The molecule has 0 atom stereocenters. The van der Waals surface area contributed by atoms with Crippen molar-refractivity contribution in [3.05, 3.63) is 65.7 Å². The number of nitrogens with one attached hydrogen (secondary N) is 1. The van der Waals surface area contributed by atoms with Gasteiger partial charge in [0.1, 0.15) is 6.61 Å². The first-order chi connectivity index (χ1) is 20.4. The minimum Gasteiger partial charge on any atom is -0.487 e. The fourth-order valence-electron chi connectivity index (χ4n) is 4.49. The predicted octanol–water partition coefficient (Wildman–Crippen LogP) is 2.76. The lowest BCUT2D eigenvalue weighted by Crippen LogP contribution is -2.44. The normalized spacial score (nSPS) is 15.9. The summed E-state index contributed by atoms with van der Waals surface area (Å²) in [6, 6.07) is 13.6. The molecule has 2 heterocycles. The highest BCUT2D eigenvalue weighted by molar-refractivity contribution is 8.13. The number of benzene rings is 3. The number of hydrogen-bond donors (Lipinski definition) is 1. The molecule has 240 valence electrons. The van der Waals surface area contributed by atoms with Gasteiger partial charge >= 0.3 is 0 Å². The summed E-state index contributed by atoms with van der Waals surface area (Å²) >= 11 is 6.35. The highest BCUT2D eigenvalue weighted by Gasteiger charge is 2.33. The van der Waals surface area contributed by atoms with Crippen LogP contribution in [0.5, 0.6) is 5.75 Å². The average molecular weight is 727 g/mol. The molecule has 0 unspecified atom stereocenters. The molecule has 3 aromatic rings. The van der Waals surface area contributed by atoms with Gasteiger partial charge in [0.25, 0.3) is 19.1 Å². The van der Waals surface area contributed by atoms with Crippen molar-refractivity contribution in [3.63, 3.8) is 0 Å². The first-order valence-corrected chi connectivity index (χ1v) is 20.8. The van der Waals surface area contributed by atoms with E-state index in [1.807, 2.05) is 0 Å². The highest BCUT2D eigenvalue weighted by Crippen LogP contribution is 2.44. The Bertz CT molecular complexity index is 1950. The number of hydrogen-bond acceptors (Lipinski definition) is 11. The number of sulfonamides is 1. The Balaban J connectivity index is 0.000000265. The number of ether oxygens (including phenoxy) is 1. The van der Waals surface area contributed by atoms with Crippen LogP contribution in [0.2, 0.25) is 5.02 Å². The average Bonchev–Trinajstić information content (AvgIpc) is 2.96. The van der Waals surface area contributed by atoms with Crippen molar-refractivity contribution >= 4 is 72.4 Å². The Labute approximate surface area is 266 Å². The van der Waals surface area contributed by atoms with Crippen molar-refractivity contribution in [2.75, 3.05) is 61.0 Å². The molecule has 1 saturated heterocycles. The molecule has 0 saturated carbocycles. The Kier molecular flexibility index (Phi) is 10.1. The minimum absolute atomic E-state index is 0.0512. The van der Waals surface area contributed by atoms with Crippen LogP contribution in [-0.4, -0.2) is 85.5 Å². The van der Waals surface area contributed by atoms with Crippen molar-refractivity contribution in [2.45, 2.75) is 19.6 Å². The smallest absolute Gasteiger partial charge is 0.264 e. The monoisotopic (exact) mass is 725 g/mol. The standard InChI is InChI=1S/C19H22ClN3O5S2.C7H7ClO4S2/c1-29(24,25)15-3-2-4-16(13-15)30(26,27)23-9-10-28-19-17(11-14(20)12-18(19)23)22-7-5-21-6-8-22;1-13(9,10)6-3-2-4-7(5-6)14(8,11)12/h2-4,11-13,21H,5-10H2,1H3;2-5H,1H3. The van der Waals surface area contributed by atoms with E-state index in [4.69, 9.17) is 27.0 Å². The molecule has 2 aliphatic rings. The van der Waals surface area contributed by atoms with E-state index in [9.17, 15) is 33.7 Å². The van der Waals surface area contributed by atoms with Gasteiger partial charge in [-0.3, -0.25) is 4.31 Å². The summed E-state index contributed by atoms with van der Waals surface area (Å²) in [5, 5.41) is 3.68. The molecule has 0 bridgehead atoms. The van der Waals surface area contributed by atoms with E-state index in [0.717, 1.165) is 50.4 Å². The third-order valence-electron chi connectivity index (χ3n) is 6.62. The largest absolute Gasteiger partial charge is 0.487 e. The molecular formula is C26H29Cl2N3O9S4. The van der Waals surface area contributed by atoms with Crippen LogP contribution in [0.15, 0.2) is 80.2 Å². The molecule has 0 radical (unpaired) electrons. The second-order valence-corrected chi connectivity index (χ2v) is 18.8. The van der Waals surface area contributed by atoms with Gasteiger partial charge in [-0.05, 0) is 48.5 Å². The molecule has 5 rings (SSSR count). The maximum atomic E-state index is 13.4. The lowest BCUT2D eigenvalue weighted by Gasteiger charge is -2.36. The Hall–Kier alpha value is -2.60. The second-order valence-electron chi connectivity index (χ2n) is 9.87. The molecule has 0 aromatic heterocycles. The van der Waals surface area contributed by atoms with Gasteiger partial charge in [0.2, 0.25) is 0 Å². The third kappa shape index (κ3) is 7.97. The van der Waals surface area contributed by atoms with Crippen LogP contribution in [0.4, 0.5) is 11.4 Å². The first-order valence-electron chi connectivity index (χ1n) is 12.9. The van der Waals surface area contributed by atoms with Gasteiger partial charge < -0.3 is 15.0 Å². The van der Waals surface area contributed by atoms with Gasteiger partial charge in [-0.1, -0.05) is 23.7 Å². The summed E-state index contributed by atoms with van der Waals surface area (Å²) in [5.41, 5.74) is 1.11. The van der Waals surface area contributed by atoms with Gasteiger partial charge in [0.05, 0.1) is 37.5 Å². The van der Waals surface area contributed by atoms with E-state index >= 15 is 0 Å². The Morgan fingerprint density at radius 3 is 1.75 bits per heavy atom. The molecule has 0 amide bonds. The van der Waals surface area contributed by atoms with E-state index in [0.29, 0.717) is 16.5 Å². The zero-order valence-corrected chi connectivity index (χ0v) is 28.3. The van der Waals surface area contributed by atoms with Gasteiger partial charge in [-0.25, -0.2) is 33.7 Å². The molecule has 0 spiro atoms. The third-order valence-corrected chi connectivity index (χ3v) is 12.2. The van der Waals surface area contributed by atoms with Gasteiger partial charge in [-0.2, -0.15) is 0 Å². The quantitative estimate of drug-likeness (QED) is 0.372. The topological polar surface area (TPSA) is 164 Å². The van der Waals surface area contributed by atoms with Crippen LogP contribution in [0.3, 0.4) is 0 Å². The lowest BCUT2D eigenvalue weighted by molar-refractivity contribution is 0.315. The van der Waals surface area contributed by atoms with Gasteiger partial charge in [0.15, 0.2) is 25.4 Å². The van der Waals surface area contributed by atoms with Crippen LogP contribution < -0.4 is 19.3 Å². The van der Waals surface area contributed by atoms with Crippen molar-refractivity contribution in [2.24, 2.45) is 0 Å². The number of nitrogens with zero attached hydrogens (tertiary/aromatic N) is 2. The predicted molar refractivity (Wildman–Crippen MR) is 169 cm³/mol. The number of halogens is 2. The minimum atomic E-state index is -4.02. The summed E-state index contributed by atoms with van der Waals surface area (Å²) in [4.78, 5) is 1.68. The molecule has 18 heteroatoms. The van der Waals surface area contributed by atoms with Crippen LogP contribution in [0, 0.1) is 0 Å².